The van der Waals surface area contributed by atoms with Crippen molar-refractivity contribution in [1.82, 2.24) is 24.4 Å². The lowest BCUT2D eigenvalue weighted by atomic mass is 10.1. The molecule has 0 radical (unpaired) electrons. The lowest BCUT2D eigenvalue weighted by molar-refractivity contribution is 0.0211. The highest BCUT2D eigenvalue weighted by atomic mass is 79.9. The first-order chi connectivity index (χ1) is 15.4. The summed E-state index contributed by atoms with van der Waals surface area (Å²) in [4.78, 5) is 33.2. The Balaban J connectivity index is 1.52. The summed E-state index contributed by atoms with van der Waals surface area (Å²) in [6.07, 6.45) is 0.797. The van der Waals surface area contributed by atoms with Crippen molar-refractivity contribution in [3.8, 4) is 11.6 Å². The standard InChI is InChI=1S/C21H25BrN6O4/c1-3-26(4-2)21(30)31-14-6-5-9-27(12-14)20(29)13-10-17(23)28-18(11-13)24-19(25-28)15-7-8-16(22)32-15/h7-8,10-11,14H,3-6,9,12,23H2,1-2H3. The number of rotatable bonds is 5. The molecule has 2 amide bonds. The molecule has 0 spiro atoms. The van der Waals surface area contributed by atoms with Crippen molar-refractivity contribution < 1.29 is 18.7 Å². The predicted octanol–water partition coefficient (Wildman–Crippen LogP) is 3.42. The lowest BCUT2D eigenvalue weighted by Gasteiger charge is -2.33. The van der Waals surface area contributed by atoms with Gasteiger partial charge in [-0.2, -0.15) is 4.52 Å². The molecule has 2 N–H and O–H groups in total. The van der Waals surface area contributed by atoms with Crippen LogP contribution < -0.4 is 5.73 Å². The van der Waals surface area contributed by atoms with Gasteiger partial charge in [0.2, 0.25) is 5.82 Å². The molecule has 1 aliphatic rings. The van der Waals surface area contributed by atoms with Crippen LogP contribution in [-0.4, -0.2) is 68.7 Å². The average molecular weight is 505 g/mol. The van der Waals surface area contributed by atoms with Gasteiger partial charge < -0.3 is 24.7 Å². The average Bonchev–Trinajstić information content (AvgIpc) is 3.40. The summed E-state index contributed by atoms with van der Waals surface area (Å²) in [5.41, 5.74) is 7.00. The molecular weight excluding hydrogens is 480 g/mol. The molecule has 4 heterocycles. The summed E-state index contributed by atoms with van der Waals surface area (Å²) in [7, 11) is 0. The van der Waals surface area contributed by atoms with Crippen LogP contribution in [0.4, 0.5) is 10.6 Å². The second-order valence-corrected chi connectivity index (χ2v) is 8.33. The number of carbonyl (C=O) groups is 2. The van der Waals surface area contributed by atoms with Gasteiger partial charge in [0.1, 0.15) is 11.9 Å². The Labute approximate surface area is 193 Å². The van der Waals surface area contributed by atoms with E-state index < -0.39 is 0 Å². The molecular formula is C21H25BrN6O4. The van der Waals surface area contributed by atoms with E-state index in [2.05, 4.69) is 26.0 Å². The molecule has 11 heteroatoms. The van der Waals surface area contributed by atoms with Crippen molar-refractivity contribution in [2.45, 2.75) is 32.8 Å². The first kappa shape index (κ1) is 22.1. The van der Waals surface area contributed by atoms with Crippen LogP contribution in [0.15, 0.2) is 33.4 Å². The van der Waals surface area contributed by atoms with E-state index >= 15 is 0 Å². The van der Waals surface area contributed by atoms with E-state index in [1.807, 2.05) is 13.8 Å². The molecule has 32 heavy (non-hydrogen) atoms. The first-order valence-electron chi connectivity index (χ1n) is 10.6. The Hall–Kier alpha value is -3.08. The zero-order valence-electron chi connectivity index (χ0n) is 18.0. The van der Waals surface area contributed by atoms with Crippen LogP contribution in [0.25, 0.3) is 17.2 Å². The molecule has 3 aromatic heterocycles. The number of amides is 2. The van der Waals surface area contributed by atoms with Crippen LogP contribution in [0.3, 0.4) is 0 Å². The maximum atomic E-state index is 13.2. The summed E-state index contributed by atoms with van der Waals surface area (Å²) in [6.45, 7) is 5.90. The van der Waals surface area contributed by atoms with Gasteiger partial charge in [0, 0.05) is 25.2 Å². The fourth-order valence-corrected chi connectivity index (χ4v) is 4.08. The van der Waals surface area contributed by atoms with E-state index in [-0.39, 0.29) is 23.9 Å². The Morgan fingerprint density at radius 3 is 2.78 bits per heavy atom. The van der Waals surface area contributed by atoms with Gasteiger partial charge in [0.05, 0.1) is 6.54 Å². The number of ether oxygens (including phenoxy) is 1. The zero-order chi connectivity index (χ0) is 22.8. The molecule has 0 saturated carbocycles. The predicted molar refractivity (Wildman–Crippen MR) is 121 cm³/mol. The maximum Gasteiger partial charge on any atom is 0.410 e. The number of fused-ring (bicyclic) bond motifs is 1. The number of furan rings is 1. The number of nitrogen functional groups attached to an aromatic ring is 1. The summed E-state index contributed by atoms with van der Waals surface area (Å²) in [5, 5.41) is 4.37. The Kier molecular flexibility index (Phi) is 6.35. The molecule has 10 nitrogen and oxygen atoms in total. The minimum atomic E-state index is -0.347. The van der Waals surface area contributed by atoms with Gasteiger partial charge in [-0.3, -0.25) is 4.79 Å². The molecule has 4 rings (SSSR count). The Morgan fingerprint density at radius 2 is 2.09 bits per heavy atom. The van der Waals surface area contributed by atoms with Gasteiger partial charge >= 0.3 is 6.09 Å². The third kappa shape index (κ3) is 4.43. The summed E-state index contributed by atoms with van der Waals surface area (Å²) < 4.78 is 13.2. The molecule has 3 aromatic rings. The highest BCUT2D eigenvalue weighted by Gasteiger charge is 2.28. The van der Waals surface area contributed by atoms with Crippen LogP contribution in [0.5, 0.6) is 0 Å². The van der Waals surface area contributed by atoms with E-state index in [1.54, 1.807) is 34.1 Å². The SMILES string of the molecule is CCN(CC)C(=O)OC1CCCN(C(=O)c2cc(N)n3nc(-c4ccc(Br)o4)nc3c2)C1. The molecule has 170 valence electrons. The molecule has 1 unspecified atom stereocenters. The summed E-state index contributed by atoms with van der Waals surface area (Å²) in [6, 6.07) is 6.73. The number of hydrogen-bond donors (Lipinski definition) is 1. The normalized spacial score (nSPS) is 16.3. The number of carbonyl (C=O) groups excluding carboxylic acids is 2. The topological polar surface area (TPSA) is 119 Å². The van der Waals surface area contributed by atoms with Gasteiger partial charge in [0.25, 0.3) is 5.91 Å². The number of nitrogens with zero attached hydrogens (tertiary/aromatic N) is 5. The number of nitrogens with two attached hydrogens (primary N) is 1. The smallest absolute Gasteiger partial charge is 0.410 e. The van der Waals surface area contributed by atoms with E-state index in [0.717, 1.165) is 12.8 Å². The second kappa shape index (κ2) is 9.19. The summed E-state index contributed by atoms with van der Waals surface area (Å²) >= 11 is 3.26. The first-order valence-corrected chi connectivity index (χ1v) is 11.4. The van der Waals surface area contributed by atoms with Crippen LogP contribution in [0.1, 0.15) is 37.0 Å². The van der Waals surface area contributed by atoms with E-state index in [4.69, 9.17) is 14.9 Å². The fraction of sp³-hybridized carbons (Fsp3) is 0.429. The van der Waals surface area contributed by atoms with Crippen LogP contribution in [-0.2, 0) is 4.74 Å². The number of likely N-dealkylation sites (tertiary alicyclic amines) is 1. The lowest BCUT2D eigenvalue weighted by Crippen LogP contribution is -2.45. The van der Waals surface area contributed by atoms with Gasteiger partial charge in [-0.05, 0) is 66.9 Å². The van der Waals surface area contributed by atoms with Gasteiger partial charge in [0.15, 0.2) is 16.1 Å². The number of hydrogen-bond acceptors (Lipinski definition) is 7. The third-order valence-electron chi connectivity index (χ3n) is 5.46. The third-order valence-corrected chi connectivity index (χ3v) is 5.89. The molecule has 0 aromatic carbocycles. The number of halogens is 1. The van der Waals surface area contributed by atoms with Crippen molar-refractivity contribution in [2.75, 3.05) is 31.9 Å². The van der Waals surface area contributed by atoms with Crippen molar-refractivity contribution >= 4 is 39.4 Å². The Morgan fingerprint density at radius 1 is 1.31 bits per heavy atom. The van der Waals surface area contributed by atoms with Crippen molar-refractivity contribution in [2.24, 2.45) is 0 Å². The molecule has 1 saturated heterocycles. The highest BCUT2D eigenvalue weighted by molar-refractivity contribution is 9.10. The molecule has 0 aliphatic carbocycles. The van der Waals surface area contributed by atoms with Crippen LogP contribution in [0.2, 0.25) is 0 Å². The van der Waals surface area contributed by atoms with E-state index in [9.17, 15) is 9.59 Å². The number of anilines is 1. The van der Waals surface area contributed by atoms with Crippen LogP contribution in [0, 0.1) is 0 Å². The number of pyridine rings is 1. The molecule has 1 fully saturated rings. The van der Waals surface area contributed by atoms with E-state index in [0.29, 0.717) is 53.6 Å². The number of piperidine rings is 1. The maximum absolute atomic E-state index is 13.2. The minimum Gasteiger partial charge on any atom is -0.446 e. The highest BCUT2D eigenvalue weighted by Crippen LogP contribution is 2.25. The van der Waals surface area contributed by atoms with Gasteiger partial charge in [-0.1, -0.05) is 0 Å². The molecule has 1 aliphatic heterocycles. The summed E-state index contributed by atoms with van der Waals surface area (Å²) in [5.74, 6) is 0.958. The van der Waals surface area contributed by atoms with Gasteiger partial charge in [-0.25, -0.2) is 9.78 Å². The van der Waals surface area contributed by atoms with E-state index in [1.165, 1.54) is 4.52 Å². The second-order valence-electron chi connectivity index (χ2n) is 7.55. The quantitative estimate of drug-likeness (QED) is 0.565. The Bertz CT molecular complexity index is 1140. The zero-order valence-corrected chi connectivity index (χ0v) is 19.5. The number of aromatic nitrogens is 3. The minimum absolute atomic E-state index is 0.187. The molecule has 0 bridgehead atoms. The van der Waals surface area contributed by atoms with Crippen molar-refractivity contribution in [1.29, 1.82) is 0 Å². The van der Waals surface area contributed by atoms with Crippen molar-refractivity contribution in [3.63, 3.8) is 0 Å². The largest absolute Gasteiger partial charge is 0.446 e. The monoisotopic (exact) mass is 504 g/mol. The van der Waals surface area contributed by atoms with Crippen LogP contribution >= 0.6 is 15.9 Å². The van der Waals surface area contributed by atoms with Gasteiger partial charge in [-0.15, -0.1) is 5.10 Å². The van der Waals surface area contributed by atoms with Crippen molar-refractivity contribution in [3.05, 3.63) is 34.5 Å². The fourth-order valence-electron chi connectivity index (χ4n) is 3.77. The molecule has 1 atom stereocenters.